The summed E-state index contributed by atoms with van der Waals surface area (Å²) in [5.74, 6) is 1.16. The van der Waals surface area contributed by atoms with Gasteiger partial charge in [0.1, 0.15) is 5.75 Å². The van der Waals surface area contributed by atoms with Gasteiger partial charge in [0.05, 0.1) is 12.5 Å². The molecule has 0 atom stereocenters. The summed E-state index contributed by atoms with van der Waals surface area (Å²) < 4.78 is 5.13. The van der Waals surface area contributed by atoms with Crippen molar-refractivity contribution in [1.29, 1.82) is 0 Å². The van der Waals surface area contributed by atoms with Crippen LogP contribution in [0.2, 0.25) is 0 Å². The summed E-state index contributed by atoms with van der Waals surface area (Å²) in [6.07, 6.45) is 5.87. The van der Waals surface area contributed by atoms with Crippen molar-refractivity contribution in [2.75, 3.05) is 18.6 Å². The van der Waals surface area contributed by atoms with Crippen LogP contribution in [0.3, 0.4) is 0 Å². The summed E-state index contributed by atoms with van der Waals surface area (Å²) in [4.78, 5) is 14.3. The summed E-state index contributed by atoms with van der Waals surface area (Å²) in [5.41, 5.74) is 0.982. The van der Waals surface area contributed by atoms with Crippen molar-refractivity contribution in [1.82, 2.24) is 0 Å². The number of ether oxygens (including phenoxy) is 1. The minimum absolute atomic E-state index is 0.0157. The summed E-state index contributed by atoms with van der Waals surface area (Å²) in [6.45, 7) is 0.901. The van der Waals surface area contributed by atoms with Gasteiger partial charge in [-0.2, -0.15) is 0 Å². The second-order valence-corrected chi connectivity index (χ2v) is 5.43. The van der Waals surface area contributed by atoms with Crippen LogP contribution in [0.1, 0.15) is 32.1 Å². The third-order valence-electron chi connectivity index (χ3n) is 4.35. The van der Waals surface area contributed by atoms with Gasteiger partial charge >= 0.3 is 0 Å². The molecule has 0 radical (unpaired) electrons. The lowest BCUT2D eigenvalue weighted by Crippen LogP contribution is -2.62. The van der Waals surface area contributed by atoms with E-state index in [0.29, 0.717) is 5.91 Å². The second-order valence-electron chi connectivity index (χ2n) is 5.43. The molecule has 3 heteroatoms. The van der Waals surface area contributed by atoms with Gasteiger partial charge in [0, 0.05) is 12.2 Å². The van der Waals surface area contributed by atoms with Crippen LogP contribution in [-0.2, 0) is 4.79 Å². The fraction of sp³-hybridized carbons (Fsp3) is 0.533. The maximum atomic E-state index is 12.4. The molecular weight excluding hydrogens is 226 g/mol. The van der Waals surface area contributed by atoms with E-state index in [1.807, 2.05) is 29.2 Å². The lowest BCUT2D eigenvalue weighted by atomic mass is 9.67. The molecule has 1 saturated carbocycles. The second kappa shape index (κ2) is 4.30. The van der Waals surface area contributed by atoms with Crippen LogP contribution in [0, 0.1) is 5.41 Å². The fourth-order valence-corrected chi connectivity index (χ4v) is 3.21. The van der Waals surface area contributed by atoms with Crippen molar-refractivity contribution in [2.45, 2.75) is 32.1 Å². The summed E-state index contributed by atoms with van der Waals surface area (Å²) in [6, 6.07) is 7.75. The van der Waals surface area contributed by atoms with Crippen LogP contribution in [0.15, 0.2) is 24.3 Å². The van der Waals surface area contributed by atoms with Gasteiger partial charge in [-0.15, -0.1) is 0 Å². The Morgan fingerprint density at radius 1 is 1.11 bits per heavy atom. The summed E-state index contributed by atoms with van der Waals surface area (Å²) >= 11 is 0. The Labute approximate surface area is 108 Å². The lowest BCUT2D eigenvalue weighted by Gasteiger charge is -2.50. The molecule has 1 saturated heterocycles. The summed E-state index contributed by atoms with van der Waals surface area (Å²) in [7, 11) is 1.65. The zero-order chi connectivity index (χ0) is 12.6. The van der Waals surface area contributed by atoms with Crippen molar-refractivity contribution in [2.24, 2.45) is 5.41 Å². The number of rotatable bonds is 2. The number of amides is 1. The molecule has 0 bridgehead atoms. The molecule has 2 fully saturated rings. The van der Waals surface area contributed by atoms with Crippen LogP contribution in [0.25, 0.3) is 0 Å². The maximum absolute atomic E-state index is 12.4. The highest BCUT2D eigenvalue weighted by Crippen LogP contribution is 2.46. The first-order valence-corrected chi connectivity index (χ1v) is 6.71. The highest BCUT2D eigenvalue weighted by Gasteiger charge is 2.52. The molecule has 2 aliphatic rings. The van der Waals surface area contributed by atoms with Crippen LogP contribution >= 0.6 is 0 Å². The first kappa shape index (κ1) is 11.6. The number of β-lactam (4-membered cyclic amide) rings is 1. The van der Waals surface area contributed by atoms with E-state index in [4.69, 9.17) is 4.74 Å². The number of methoxy groups -OCH3 is 1. The van der Waals surface area contributed by atoms with Gasteiger partial charge in [-0.05, 0) is 37.1 Å². The Kier molecular flexibility index (Phi) is 2.77. The Morgan fingerprint density at radius 3 is 2.33 bits per heavy atom. The highest BCUT2D eigenvalue weighted by molar-refractivity contribution is 6.04. The van der Waals surface area contributed by atoms with Crippen LogP contribution in [-0.4, -0.2) is 19.6 Å². The van der Waals surface area contributed by atoms with Gasteiger partial charge in [0.25, 0.3) is 0 Å². The highest BCUT2D eigenvalue weighted by atomic mass is 16.5. The Morgan fingerprint density at radius 2 is 1.78 bits per heavy atom. The van der Waals surface area contributed by atoms with Crippen molar-refractivity contribution in [3.63, 3.8) is 0 Å². The number of benzene rings is 1. The number of carbonyl (C=O) groups is 1. The van der Waals surface area contributed by atoms with E-state index >= 15 is 0 Å². The lowest BCUT2D eigenvalue weighted by molar-refractivity contribution is -0.137. The standard InChI is InChI=1S/C15H19NO2/c1-18-13-7-5-12(6-8-13)16-11-15(14(16)17)9-3-2-4-10-15/h5-8H,2-4,9-11H2,1H3. The maximum Gasteiger partial charge on any atom is 0.235 e. The summed E-state index contributed by atoms with van der Waals surface area (Å²) in [5, 5.41) is 0. The van der Waals surface area contributed by atoms with Gasteiger partial charge in [-0.25, -0.2) is 0 Å². The number of hydrogen-bond acceptors (Lipinski definition) is 2. The zero-order valence-corrected chi connectivity index (χ0v) is 10.8. The molecular formula is C15H19NO2. The molecule has 3 nitrogen and oxygen atoms in total. The number of hydrogen-bond donors (Lipinski definition) is 0. The molecule has 3 rings (SSSR count). The minimum Gasteiger partial charge on any atom is -0.497 e. The Hall–Kier alpha value is -1.51. The third-order valence-corrected chi connectivity index (χ3v) is 4.35. The minimum atomic E-state index is -0.0157. The third kappa shape index (κ3) is 1.69. The smallest absolute Gasteiger partial charge is 0.235 e. The molecule has 0 N–H and O–H groups in total. The quantitative estimate of drug-likeness (QED) is 0.750. The molecule has 1 aromatic rings. The van der Waals surface area contributed by atoms with Gasteiger partial charge in [-0.1, -0.05) is 19.3 Å². The molecule has 18 heavy (non-hydrogen) atoms. The van der Waals surface area contributed by atoms with Crippen molar-refractivity contribution in [3.8, 4) is 5.75 Å². The molecule has 1 heterocycles. The van der Waals surface area contributed by atoms with Gasteiger partial charge in [0.15, 0.2) is 0 Å². The SMILES string of the molecule is COc1ccc(N2CC3(CCCCC3)C2=O)cc1. The van der Waals surface area contributed by atoms with Crippen LogP contribution in [0.5, 0.6) is 5.75 Å². The van der Waals surface area contributed by atoms with Crippen LogP contribution in [0.4, 0.5) is 5.69 Å². The van der Waals surface area contributed by atoms with Gasteiger partial charge in [0.2, 0.25) is 5.91 Å². The average molecular weight is 245 g/mol. The molecule has 0 aromatic heterocycles. The van der Waals surface area contributed by atoms with E-state index in [0.717, 1.165) is 30.8 Å². The van der Waals surface area contributed by atoms with E-state index in [-0.39, 0.29) is 5.41 Å². The fourth-order valence-electron chi connectivity index (χ4n) is 3.21. The first-order valence-electron chi connectivity index (χ1n) is 6.71. The topological polar surface area (TPSA) is 29.5 Å². The number of carbonyl (C=O) groups excluding carboxylic acids is 1. The van der Waals surface area contributed by atoms with E-state index in [1.165, 1.54) is 19.3 Å². The molecule has 1 amide bonds. The Balaban J connectivity index is 1.73. The van der Waals surface area contributed by atoms with Gasteiger partial charge in [-0.3, -0.25) is 4.79 Å². The van der Waals surface area contributed by atoms with Gasteiger partial charge < -0.3 is 9.64 Å². The van der Waals surface area contributed by atoms with E-state index < -0.39 is 0 Å². The molecule has 1 aliphatic carbocycles. The van der Waals surface area contributed by atoms with E-state index in [9.17, 15) is 4.79 Å². The molecule has 0 unspecified atom stereocenters. The predicted octanol–water partition coefficient (Wildman–Crippen LogP) is 2.99. The first-order chi connectivity index (χ1) is 8.75. The average Bonchev–Trinajstić information content (AvgIpc) is 2.46. The monoisotopic (exact) mass is 245 g/mol. The molecule has 1 spiro atoms. The van der Waals surface area contributed by atoms with Crippen molar-refractivity contribution in [3.05, 3.63) is 24.3 Å². The molecule has 1 aliphatic heterocycles. The normalized spacial score (nSPS) is 21.8. The number of anilines is 1. The van der Waals surface area contributed by atoms with E-state index in [1.54, 1.807) is 7.11 Å². The molecule has 1 aromatic carbocycles. The van der Waals surface area contributed by atoms with Crippen molar-refractivity contribution >= 4 is 11.6 Å². The Bertz CT molecular complexity index is 446. The van der Waals surface area contributed by atoms with E-state index in [2.05, 4.69) is 0 Å². The largest absolute Gasteiger partial charge is 0.497 e. The van der Waals surface area contributed by atoms with Crippen LogP contribution < -0.4 is 9.64 Å². The van der Waals surface area contributed by atoms with Crippen molar-refractivity contribution < 1.29 is 9.53 Å². The predicted molar refractivity (Wildman–Crippen MR) is 70.9 cm³/mol. The number of nitrogens with zero attached hydrogens (tertiary/aromatic N) is 1. The molecule has 96 valence electrons. The zero-order valence-electron chi connectivity index (χ0n) is 10.8.